The first-order valence-corrected chi connectivity index (χ1v) is 9.37. The largest absolute Gasteiger partial charge is 0.411 e. The minimum atomic E-state index is -1.49. The molecule has 88 valence electrons. The van der Waals surface area contributed by atoms with E-state index in [1.165, 1.54) is 19.3 Å². The van der Waals surface area contributed by atoms with Crippen molar-refractivity contribution in [2.75, 3.05) is 0 Å². The summed E-state index contributed by atoms with van der Waals surface area (Å²) in [5.74, 6) is 2.76. The topological polar surface area (TPSA) is 9.23 Å². The van der Waals surface area contributed by atoms with E-state index in [0.717, 1.165) is 12.8 Å². The van der Waals surface area contributed by atoms with Crippen molar-refractivity contribution in [2.45, 2.75) is 71.2 Å². The van der Waals surface area contributed by atoms with Crippen LogP contribution in [0.1, 0.15) is 46.0 Å². The maximum Gasteiger partial charge on any atom is 0.184 e. The summed E-state index contributed by atoms with van der Waals surface area (Å²) in [6.07, 6.45) is 11.0. The number of terminal acetylenes is 1. The Hall–Kier alpha value is -0.263. The second-order valence-electron chi connectivity index (χ2n) is 5.50. The first kappa shape index (κ1) is 14.7. The van der Waals surface area contributed by atoms with Crippen LogP contribution >= 0.6 is 0 Å². The molecule has 0 rings (SSSR count). The smallest absolute Gasteiger partial charge is 0.184 e. The molecule has 0 aromatic heterocycles. The third-order valence-electron chi connectivity index (χ3n) is 2.34. The van der Waals surface area contributed by atoms with Crippen LogP contribution in [0.5, 0.6) is 0 Å². The highest BCUT2D eigenvalue weighted by Crippen LogP contribution is 2.27. The molecule has 0 radical (unpaired) electrons. The van der Waals surface area contributed by atoms with Crippen molar-refractivity contribution in [1.82, 2.24) is 0 Å². The molecule has 0 amide bonds. The minimum Gasteiger partial charge on any atom is -0.411 e. The van der Waals surface area contributed by atoms with E-state index in [0.29, 0.717) is 0 Å². The van der Waals surface area contributed by atoms with Crippen LogP contribution in [0.25, 0.3) is 0 Å². The average molecular weight is 226 g/mol. The van der Waals surface area contributed by atoms with E-state index in [4.69, 9.17) is 10.8 Å². The molecule has 1 nitrogen and oxygen atoms in total. The van der Waals surface area contributed by atoms with Crippen molar-refractivity contribution in [3.05, 3.63) is 0 Å². The monoisotopic (exact) mass is 226 g/mol. The highest BCUT2D eigenvalue weighted by molar-refractivity contribution is 6.69. The Kier molecular flexibility index (Phi) is 6.24. The summed E-state index contributed by atoms with van der Waals surface area (Å²) >= 11 is 0. The molecule has 0 aliphatic carbocycles. The van der Waals surface area contributed by atoms with Crippen molar-refractivity contribution in [3.63, 3.8) is 0 Å². The highest BCUT2D eigenvalue weighted by Gasteiger charge is 2.30. The fourth-order valence-electron chi connectivity index (χ4n) is 1.88. The van der Waals surface area contributed by atoms with E-state index in [1.54, 1.807) is 0 Å². The van der Waals surface area contributed by atoms with Crippen LogP contribution in [0.2, 0.25) is 19.6 Å². The quantitative estimate of drug-likeness (QED) is 0.359. The third-order valence-corrected chi connectivity index (χ3v) is 3.44. The Morgan fingerprint density at radius 1 is 1.27 bits per heavy atom. The number of unbranched alkanes of at least 4 members (excludes halogenated alkanes) is 2. The lowest BCUT2D eigenvalue weighted by Gasteiger charge is -2.35. The minimum absolute atomic E-state index is 0.0889. The van der Waals surface area contributed by atoms with Gasteiger partial charge in [0.05, 0.1) is 5.60 Å². The summed E-state index contributed by atoms with van der Waals surface area (Å²) in [6, 6.07) is 0. The first-order chi connectivity index (χ1) is 6.83. The lowest BCUT2D eigenvalue weighted by molar-refractivity contribution is 0.0734. The van der Waals surface area contributed by atoms with Gasteiger partial charge in [-0.15, -0.1) is 12.3 Å². The summed E-state index contributed by atoms with van der Waals surface area (Å²) in [4.78, 5) is 0. The lowest BCUT2D eigenvalue weighted by Crippen LogP contribution is -2.40. The van der Waals surface area contributed by atoms with E-state index in [9.17, 15) is 0 Å². The molecule has 15 heavy (non-hydrogen) atoms. The van der Waals surface area contributed by atoms with E-state index in [2.05, 4.69) is 39.4 Å². The summed E-state index contributed by atoms with van der Waals surface area (Å²) in [5.41, 5.74) is -0.0889. The van der Waals surface area contributed by atoms with E-state index in [1.807, 2.05) is 0 Å². The van der Waals surface area contributed by atoms with Gasteiger partial charge in [0.25, 0.3) is 0 Å². The van der Waals surface area contributed by atoms with E-state index < -0.39 is 8.32 Å². The maximum absolute atomic E-state index is 6.21. The SMILES string of the molecule is C#CCC(C)(CCCCC)O[Si](C)(C)C. The molecule has 0 saturated carbocycles. The van der Waals surface area contributed by atoms with Gasteiger partial charge in [-0.3, -0.25) is 0 Å². The predicted molar refractivity (Wildman–Crippen MR) is 70.4 cm³/mol. The fraction of sp³-hybridized carbons (Fsp3) is 0.846. The molecule has 1 atom stereocenters. The standard InChI is InChI=1S/C13H26OSi/c1-7-9-10-12-13(3,11-8-2)14-15(4,5)6/h2H,7,9-12H2,1,3-6H3. The molecule has 0 saturated heterocycles. The summed E-state index contributed by atoms with van der Waals surface area (Å²) in [6.45, 7) is 11.1. The van der Waals surface area contributed by atoms with Crippen molar-refractivity contribution in [1.29, 1.82) is 0 Å². The zero-order chi connectivity index (χ0) is 11.9. The van der Waals surface area contributed by atoms with Gasteiger partial charge in [-0.1, -0.05) is 26.2 Å². The van der Waals surface area contributed by atoms with Gasteiger partial charge in [-0.2, -0.15) is 0 Å². The van der Waals surface area contributed by atoms with Crippen LogP contribution in [0.4, 0.5) is 0 Å². The zero-order valence-corrected chi connectivity index (χ0v) is 12.0. The Morgan fingerprint density at radius 3 is 2.27 bits per heavy atom. The molecule has 0 spiro atoms. The van der Waals surface area contributed by atoms with Crippen molar-refractivity contribution >= 4 is 8.32 Å². The van der Waals surface area contributed by atoms with Crippen molar-refractivity contribution in [2.24, 2.45) is 0 Å². The van der Waals surface area contributed by atoms with Crippen molar-refractivity contribution < 1.29 is 4.43 Å². The molecule has 2 heteroatoms. The maximum atomic E-state index is 6.21. The summed E-state index contributed by atoms with van der Waals surface area (Å²) < 4.78 is 6.21. The molecule has 0 heterocycles. The number of rotatable bonds is 7. The van der Waals surface area contributed by atoms with Gasteiger partial charge in [-0.05, 0) is 33.0 Å². The van der Waals surface area contributed by atoms with Crippen LogP contribution in [0, 0.1) is 12.3 Å². The molecule has 0 bridgehead atoms. The molecule has 0 fully saturated rings. The third kappa shape index (κ3) is 7.64. The molecular formula is C13H26OSi. The van der Waals surface area contributed by atoms with Crippen LogP contribution < -0.4 is 0 Å². The number of hydrogen-bond acceptors (Lipinski definition) is 1. The second kappa shape index (κ2) is 6.35. The lowest BCUT2D eigenvalue weighted by atomic mass is 9.95. The molecule has 0 aliphatic rings. The summed E-state index contributed by atoms with van der Waals surface area (Å²) in [7, 11) is -1.49. The van der Waals surface area contributed by atoms with Gasteiger partial charge in [0.1, 0.15) is 0 Å². The van der Waals surface area contributed by atoms with Gasteiger partial charge in [0, 0.05) is 6.42 Å². The summed E-state index contributed by atoms with van der Waals surface area (Å²) in [5, 5.41) is 0. The normalized spacial score (nSPS) is 15.7. The average Bonchev–Trinajstić information content (AvgIpc) is 2.01. The second-order valence-corrected chi connectivity index (χ2v) is 9.93. The molecule has 0 N–H and O–H groups in total. The Balaban J connectivity index is 4.26. The molecule has 0 aliphatic heterocycles. The molecular weight excluding hydrogens is 200 g/mol. The van der Waals surface area contributed by atoms with Gasteiger partial charge in [0.2, 0.25) is 0 Å². The fourth-order valence-corrected chi connectivity index (χ4v) is 3.53. The Bertz CT molecular complexity index is 212. The van der Waals surface area contributed by atoms with Crippen molar-refractivity contribution in [3.8, 4) is 12.3 Å². The van der Waals surface area contributed by atoms with Gasteiger partial charge in [0.15, 0.2) is 8.32 Å². The van der Waals surface area contributed by atoms with Gasteiger partial charge >= 0.3 is 0 Å². The van der Waals surface area contributed by atoms with Crippen LogP contribution in [0.3, 0.4) is 0 Å². The van der Waals surface area contributed by atoms with E-state index >= 15 is 0 Å². The predicted octanol–water partition coefficient (Wildman–Crippen LogP) is 4.20. The Labute approximate surface area is 96.7 Å². The first-order valence-electron chi connectivity index (χ1n) is 5.96. The van der Waals surface area contributed by atoms with Gasteiger partial charge in [-0.25, -0.2) is 0 Å². The zero-order valence-electron chi connectivity index (χ0n) is 11.0. The molecule has 1 unspecified atom stereocenters. The van der Waals surface area contributed by atoms with Crippen LogP contribution in [0.15, 0.2) is 0 Å². The number of hydrogen-bond donors (Lipinski definition) is 0. The highest BCUT2D eigenvalue weighted by atomic mass is 28.4. The van der Waals surface area contributed by atoms with Gasteiger partial charge < -0.3 is 4.43 Å². The molecule has 0 aromatic rings. The Morgan fingerprint density at radius 2 is 1.87 bits per heavy atom. The van der Waals surface area contributed by atoms with Crippen LogP contribution in [-0.4, -0.2) is 13.9 Å². The van der Waals surface area contributed by atoms with E-state index in [-0.39, 0.29) is 5.60 Å². The molecule has 0 aromatic carbocycles. The van der Waals surface area contributed by atoms with Crippen LogP contribution in [-0.2, 0) is 4.43 Å².